The van der Waals surface area contributed by atoms with Gasteiger partial charge in [-0.15, -0.1) is 0 Å². The number of nitrogens with zero attached hydrogens (tertiary/aromatic N) is 2. The number of ether oxygens (including phenoxy) is 2. The number of nitrogens with one attached hydrogen (secondary N) is 1. The maximum Gasteiger partial charge on any atom is 0.323 e. The van der Waals surface area contributed by atoms with Crippen LogP contribution in [-0.2, 0) is 34.9 Å². The van der Waals surface area contributed by atoms with Crippen molar-refractivity contribution in [3.63, 3.8) is 0 Å². The highest BCUT2D eigenvalue weighted by molar-refractivity contribution is 6.33. The molecule has 0 amide bonds. The van der Waals surface area contributed by atoms with Gasteiger partial charge < -0.3 is 24.6 Å². The Balaban J connectivity index is 1.14. The predicted molar refractivity (Wildman–Crippen MR) is 198 cm³/mol. The standard InChI is InChI=1S/C41H54ClN3O7/c1-24-20-31-29(25(2)22-45-19-11-18-39(5,23-45)28-12-8-7-9-13-28)17-16-26(3)41(31,49)36(35(24)50-27(4)46)51-37(47)33-21-40(48)30-14-10-15-32(42)34(30)44(6)52-38(40)43-33/h7-10,12-15,20,25-26,29,31,33,35-36,38,43,48-49H,11,16-19,21-23H2,1-6H3/t25?,26-,29+,31-,33+,35-,36+,38-,39-,40-,41-/m1/s1. The SMILES string of the molecule is CC(=O)O[C@@H]1C(C)=C[C@@H]2[C@H](C(C)CN3CCC[C@@](C)(c4ccccc4)C3)CC[C@@H](C)[C@]2(O)[C@H]1OC(=O)[C@@H]1C[C@@]2(O)c3cccc(Cl)c3N(C)O[C@H]2N1. The molecule has 282 valence electrons. The molecule has 2 aromatic rings. The molecule has 2 saturated heterocycles. The maximum atomic E-state index is 14.2. The number of para-hydroxylation sites is 1. The number of hydrogen-bond acceptors (Lipinski definition) is 10. The molecule has 2 aliphatic carbocycles. The second kappa shape index (κ2) is 14.0. The molecule has 0 aromatic heterocycles. The lowest BCUT2D eigenvalue weighted by atomic mass is 9.55. The second-order valence-electron chi connectivity index (χ2n) is 16.6. The number of rotatable bonds is 7. The summed E-state index contributed by atoms with van der Waals surface area (Å²) in [6, 6.07) is 15.1. The summed E-state index contributed by atoms with van der Waals surface area (Å²) in [7, 11) is 1.70. The van der Waals surface area contributed by atoms with Crippen LogP contribution in [0.5, 0.6) is 0 Å². The van der Waals surface area contributed by atoms with E-state index < -0.39 is 47.6 Å². The van der Waals surface area contributed by atoms with Crippen LogP contribution in [0.25, 0.3) is 0 Å². The second-order valence-corrected chi connectivity index (χ2v) is 17.0. The van der Waals surface area contributed by atoms with Crippen molar-refractivity contribution in [2.45, 2.75) is 108 Å². The van der Waals surface area contributed by atoms with Crippen molar-refractivity contribution in [1.29, 1.82) is 0 Å². The van der Waals surface area contributed by atoms with Crippen molar-refractivity contribution in [2.24, 2.45) is 23.7 Å². The molecule has 3 aliphatic heterocycles. The molecule has 0 radical (unpaired) electrons. The Bertz CT molecular complexity index is 1710. The Morgan fingerprint density at radius 3 is 2.60 bits per heavy atom. The molecule has 2 aromatic carbocycles. The van der Waals surface area contributed by atoms with Crippen LogP contribution in [0.4, 0.5) is 5.69 Å². The van der Waals surface area contributed by atoms with E-state index in [1.54, 1.807) is 25.2 Å². The van der Waals surface area contributed by atoms with Gasteiger partial charge in [-0.05, 0) is 74.1 Å². The lowest BCUT2D eigenvalue weighted by Gasteiger charge is -2.56. The van der Waals surface area contributed by atoms with E-state index in [-0.39, 0.29) is 35.5 Å². The third kappa shape index (κ3) is 6.37. The van der Waals surface area contributed by atoms with Crippen LogP contribution in [0.2, 0.25) is 5.02 Å². The molecule has 3 heterocycles. The minimum absolute atomic E-state index is 0.0355. The summed E-state index contributed by atoms with van der Waals surface area (Å²) in [6.07, 6.45) is 2.93. The zero-order valence-electron chi connectivity index (χ0n) is 31.2. The third-order valence-electron chi connectivity index (χ3n) is 13.0. The van der Waals surface area contributed by atoms with Gasteiger partial charge >= 0.3 is 11.9 Å². The average Bonchev–Trinajstić information content (AvgIpc) is 3.45. The van der Waals surface area contributed by atoms with Crippen LogP contribution >= 0.6 is 11.6 Å². The largest absolute Gasteiger partial charge is 0.454 e. The van der Waals surface area contributed by atoms with Crippen LogP contribution in [0, 0.1) is 23.7 Å². The smallest absolute Gasteiger partial charge is 0.323 e. The first-order chi connectivity index (χ1) is 24.7. The van der Waals surface area contributed by atoms with Gasteiger partial charge in [0, 0.05) is 50.4 Å². The summed E-state index contributed by atoms with van der Waals surface area (Å²) in [5.41, 5.74) is 0.226. The molecule has 5 aliphatic rings. The molecule has 1 unspecified atom stereocenters. The van der Waals surface area contributed by atoms with Gasteiger partial charge in [-0.25, -0.2) is 0 Å². The summed E-state index contributed by atoms with van der Waals surface area (Å²) in [5.74, 6) is -1.40. The van der Waals surface area contributed by atoms with Crippen LogP contribution < -0.4 is 10.4 Å². The number of esters is 2. The van der Waals surface area contributed by atoms with E-state index in [2.05, 4.69) is 60.5 Å². The van der Waals surface area contributed by atoms with Crippen LogP contribution in [0.1, 0.15) is 77.8 Å². The average molecular weight is 736 g/mol. The van der Waals surface area contributed by atoms with Gasteiger partial charge in [0.25, 0.3) is 0 Å². The number of likely N-dealkylation sites (tertiary alicyclic amines) is 1. The van der Waals surface area contributed by atoms with E-state index in [1.807, 2.05) is 13.8 Å². The quantitative estimate of drug-likeness (QED) is 0.249. The number of piperidine rings is 1. The van der Waals surface area contributed by atoms with Crippen LogP contribution in [-0.4, -0.2) is 83.8 Å². The van der Waals surface area contributed by atoms with Gasteiger partial charge in [-0.2, -0.15) is 0 Å². The molecule has 1 saturated carbocycles. The third-order valence-corrected chi connectivity index (χ3v) is 13.3. The Morgan fingerprint density at radius 2 is 1.87 bits per heavy atom. The summed E-state index contributed by atoms with van der Waals surface area (Å²) in [6.45, 7) is 12.8. The number of benzene rings is 2. The summed E-state index contributed by atoms with van der Waals surface area (Å²) < 4.78 is 12.2. The Labute approximate surface area is 312 Å². The number of halogens is 1. The Morgan fingerprint density at radius 1 is 1.12 bits per heavy atom. The highest BCUT2D eigenvalue weighted by Crippen LogP contribution is 2.53. The molecule has 3 fully saturated rings. The monoisotopic (exact) mass is 735 g/mol. The van der Waals surface area contributed by atoms with E-state index in [0.29, 0.717) is 16.3 Å². The molecular formula is C41H54ClN3O7. The minimum atomic E-state index is -1.56. The molecule has 52 heavy (non-hydrogen) atoms. The van der Waals surface area contributed by atoms with Gasteiger partial charge in [0.15, 0.2) is 18.4 Å². The molecule has 11 heteroatoms. The van der Waals surface area contributed by atoms with Gasteiger partial charge in [0.1, 0.15) is 17.2 Å². The summed E-state index contributed by atoms with van der Waals surface area (Å²) in [5, 5.41) is 30.0. The summed E-state index contributed by atoms with van der Waals surface area (Å²) >= 11 is 6.49. The zero-order valence-corrected chi connectivity index (χ0v) is 31.9. The maximum absolute atomic E-state index is 14.2. The van der Waals surface area contributed by atoms with Gasteiger partial charge in [0.05, 0.1) is 10.7 Å². The fourth-order valence-electron chi connectivity index (χ4n) is 10.3. The Kier molecular flexibility index (Phi) is 10.1. The number of aliphatic hydroxyl groups is 2. The fourth-order valence-corrected chi connectivity index (χ4v) is 10.6. The van der Waals surface area contributed by atoms with E-state index in [9.17, 15) is 19.8 Å². The number of carbonyl (C=O) groups is 2. The number of anilines is 1. The van der Waals surface area contributed by atoms with Gasteiger partial charge in [0.2, 0.25) is 0 Å². The first kappa shape index (κ1) is 37.3. The van der Waals surface area contributed by atoms with Crippen LogP contribution in [0.3, 0.4) is 0 Å². The lowest BCUT2D eigenvalue weighted by Crippen LogP contribution is -2.66. The topological polar surface area (TPSA) is 121 Å². The van der Waals surface area contributed by atoms with Gasteiger partial charge in [-0.1, -0.05) is 80.9 Å². The number of hydrogen-bond donors (Lipinski definition) is 3. The molecular weight excluding hydrogens is 682 g/mol. The Hall–Kier alpha value is -2.99. The number of carbonyl (C=O) groups excluding carboxylic acids is 2. The normalized spacial score (nSPS) is 38.0. The fraction of sp³-hybridized carbons (Fsp3) is 0.610. The molecule has 7 rings (SSSR count). The molecule has 3 N–H and O–H groups in total. The van der Waals surface area contributed by atoms with E-state index in [1.165, 1.54) is 17.6 Å². The predicted octanol–water partition coefficient (Wildman–Crippen LogP) is 5.48. The highest BCUT2D eigenvalue weighted by atomic mass is 35.5. The van der Waals surface area contributed by atoms with Crippen molar-refractivity contribution >= 4 is 29.2 Å². The number of fused-ring (bicyclic) bond motifs is 4. The van der Waals surface area contributed by atoms with Crippen molar-refractivity contribution in [3.8, 4) is 0 Å². The van der Waals surface area contributed by atoms with Crippen molar-refractivity contribution in [3.05, 3.63) is 76.3 Å². The number of hydroxylamine groups is 1. The summed E-state index contributed by atoms with van der Waals surface area (Å²) in [4.78, 5) is 35.3. The first-order valence-corrected chi connectivity index (χ1v) is 19.3. The van der Waals surface area contributed by atoms with Crippen LogP contribution in [0.15, 0.2) is 60.2 Å². The van der Waals surface area contributed by atoms with E-state index in [4.69, 9.17) is 25.9 Å². The molecule has 11 atom stereocenters. The minimum Gasteiger partial charge on any atom is -0.454 e. The van der Waals surface area contributed by atoms with Crippen molar-refractivity contribution < 1.29 is 34.1 Å². The van der Waals surface area contributed by atoms with Crippen molar-refractivity contribution in [1.82, 2.24) is 10.2 Å². The van der Waals surface area contributed by atoms with E-state index in [0.717, 1.165) is 50.9 Å². The van der Waals surface area contributed by atoms with Crippen molar-refractivity contribution in [2.75, 3.05) is 31.7 Å². The zero-order chi connectivity index (χ0) is 37.2. The van der Waals surface area contributed by atoms with Gasteiger partial charge in [-0.3, -0.25) is 24.8 Å². The lowest BCUT2D eigenvalue weighted by molar-refractivity contribution is -0.225. The molecule has 0 spiro atoms. The highest BCUT2D eigenvalue weighted by Gasteiger charge is 2.62. The molecule has 10 nitrogen and oxygen atoms in total. The molecule has 0 bridgehead atoms. The van der Waals surface area contributed by atoms with E-state index >= 15 is 0 Å². The first-order valence-electron chi connectivity index (χ1n) is 18.9.